The van der Waals surface area contributed by atoms with Crippen molar-refractivity contribution in [1.82, 2.24) is 0 Å². The normalized spacial score (nSPS) is 10.9. The predicted molar refractivity (Wildman–Crippen MR) is 148 cm³/mol. The summed E-state index contributed by atoms with van der Waals surface area (Å²) in [6.07, 6.45) is 1.48. The number of ether oxygens (including phenoxy) is 4. The van der Waals surface area contributed by atoms with Gasteiger partial charge in [0.2, 0.25) is 0 Å². The summed E-state index contributed by atoms with van der Waals surface area (Å²) in [5.41, 5.74) is 3.01. The van der Waals surface area contributed by atoms with E-state index >= 15 is 0 Å². The largest absolute Gasteiger partial charge is 0.495 e. The van der Waals surface area contributed by atoms with Crippen LogP contribution in [0.2, 0.25) is 5.02 Å². The minimum absolute atomic E-state index is 0.114. The van der Waals surface area contributed by atoms with E-state index in [4.69, 9.17) is 30.5 Å². The molecule has 36 heavy (non-hydrogen) atoms. The summed E-state index contributed by atoms with van der Waals surface area (Å²) in [5.74, 6) is 1.14. The molecule has 0 heterocycles. The summed E-state index contributed by atoms with van der Waals surface area (Å²) in [4.78, 5) is 12.9. The summed E-state index contributed by atoms with van der Waals surface area (Å²) in [7, 11) is 4.45. The van der Waals surface area contributed by atoms with Crippen LogP contribution in [-0.4, -0.2) is 27.2 Å². The summed E-state index contributed by atoms with van der Waals surface area (Å²) in [5, 5.41) is 12.7. The van der Waals surface area contributed by atoms with Crippen LogP contribution in [0.5, 0.6) is 23.0 Å². The number of methoxy groups -OCH3 is 3. The predicted octanol–water partition coefficient (Wildman–Crippen LogP) is 6.40. The van der Waals surface area contributed by atoms with Gasteiger partial charge in [0.05, 0.1) is 35.6 Å². The SMILES string of the molecule is COc1cc(NC(=O)/C(C#N)=C/c2cc(I)c(OCc3ccc(C)cc3)c(OC)c2)c(OC)cc1Cl. The third-order valence-corrected chi connectivity index (χ3v) is 6.25. The van der Waals surface area contributed by atoms with Crippen molar-refractivity contribution in [3.05, 3.63) is 79.4 Å². The highest BCUT2D eigenvalue weighted by Crippen LogP contribution is 2.37. The third kappa shape index (κ3) is 6.62. The van der Waals surface area contributed by atoms with Gasteiger partial charge in [0.25, 0.3) is 5.91 Å². The number of carbonyl (C=O) groups excluding carboxylic acids is 1. The maximum absolute atomic E-state index is 12.9. The highest BCUT2D eigenvalue weighted by Gasteiger charge is 2.17. The first kappa shape index (κ1) is 27.2. The van der Waals surface area contributed by atoms with Crippen molar-refractivity contribution in [2.45, 2.75) is 13.5 Å². The molecule has 0 aromatic heterocycles. The Morgan fingerprint density at radius 3 is 2.31 bits per heavy atom. The molecule has 0 atom stereocenters. The lowest BCUT2D eigenvalue weighted by atomic mass is 10.1. The van der Waals surface area contributed by atoms with Crippen LogP contribution in [0, 0.1) is 21.8 Å². The standard InChI is InChI=1S/C27H24ClIN2O5/c1-16-5-7-17(8-6-16)15-36-26-21(29)10-18(11-25(26)35-4)9-19(14-30)27(32)31-22-13-23(33-2)20(28)12-24(22)34-3/h5-13H,15H2,1-4H3,(H,31,32)/b19-9+. The molecule has 0 fully saturated rings. The van der Waals surface area contributed by atoms with Gasteiger partial charge >= 0.3 is 0 Å². The van der Waals surface area contributed by atoms with E-state index in [-0.39, 0.29) is 5.57 Å². The Kier molecular flexibility index (Phi) is 9.44. The minimum atomic E-state index is -0.617. The fraction of sp³-hybridized carbons (Fsp3) is 0.185. The van der Waals surface area contributed by atoms with Crippen molar-refractivity contribution in [1.29, 1.82) is 5.26 Å². The van der Waals surface area contributed by atoms with Crippen LogP contribution >= 0.6 is 34.2 Å². The second-order valence-corrected chi connectivity index (χ2v) is 9.19. The van der Waals surface area contributed by atoms with Crippen molar-refractivity contribution < 1.29 is 23.7 Å². The lowest BCUT2D eigenvalue weighted by molar-refractivity contribution is -0.112. The number of rotatable bonds is 9. The fourth-order valence-corrected chi connectivity index (χ4v) is 4.28. The van der Waals surface area contributed by atoms with Crippen LogP contribution in [0.1, 0.15) is 16.7 Å². The zero-order valence-corrected chi connectivity index (χ0v) is 23.1. The van der Waals surface area contributed by atoms with Crippen LogP contribution < -0.4 is 24.3 Å². The molecule has 3 rings (SSSR count). The van der Waals surface area contributed by atoms with E-state index < -0.39 is 5.91 Å². The van der Waals surface area contributed by atoms with E-state index in [2.05, 4.69) is 27.9 Å². The number of amides is 1. The Morgan fingerprint density at radius 1 is 1.03 bits per heavy atom. The van der Waals surface area contributed by atoms with E-state index in [1.165, 1.54) is 45.1 Å². The highest BCUT2D eigenvalue weighted by molar-refractivity contribution is 14.1. The molecule has 0 aliphatic carbocycles. The molecular weight excluding hydrogens is 595 g/mol. The number of benzene rings is 3. The van der Waals surface area contributed by atoms with Gasteiger partial charge in [-0.25, -0.2) is 0 Å². The van der Waals surface area contributed by atoms with Crippen molar-refractivity contribution in [2.75, 3.05) is 26.6 Å². The van der Waals surface area contributed by atoms with Crippen molar-refractivity contribution in [3.63, 3.8) is 0 Å². The number of aryl methyl sites for hydroxylation is 1. The quantitative estimate of drug-likeness (QED) is 0.170. The Balaban J connectivity index is 1.85. The number of nitrogens with one attached hydrogen (secondary N) is 1. The third-order valence-electron chi connectivity index (χ3n) is 5.15. The van der Waals surface area contributed by atoms with Crippen LogP contribution in [0.4, 0.5) is 5.69 Å². The molecule has 0 saturated carbocycles. The summed E-state index contributed by atoms with van der Waals surface area (Å²) >= 11 is 8.27. The Bertz CT molecular complexity index is 1330. The van der Waals surface area contributed by atoms with Gasteiger partial charge in [-0.2, -0.15) is 5.26 Å². The lowest BCUT2D eigenvalue weighted by Gasteiger charge is -2.14. The van der Waals surface area contributed by atoms with Gasteiger partial charge in [0, 0.05) is 12.1 Å². The number of nitrogens with zero attached hydrogens (tertiary/aromatic N) is 1. The van der Waals surface area contributed by atoms with Gasteiger partial charge < -0.3 is 24.3 Å². The number of anilines is 1. The molecule has 0 aliphatic heterocycles. The molecule has 9 heteroatoms. The monoisotopic (exact) mass is 618 g/mol. The minimum Gasteiger partial charge on any atom is -0.495 e. The zero-order valence-electron chi connectivity index (χ0n) is 20.1. The Morgan fingerprint density at radius 2 is 1.69 bits per heavy atom. The molecule has 1 amide bonds. The summed E-state index contributed by atoms with van der Waals surface area (Å²) in [6, 6.07) is 16.6. The lowest BCUT2D eigenvalue weighted by Crippen LogP contribution is -2.14. The van der Waals surface area contributed by atoms with E-state index in [1.807, 2.05) is 43.3 Å². The van der Waals surface area contributed by atoms with Crippen molar-refractivity contribution >= 4 is 51.9 Å². The van der Waals surface area contributed by atoms with Gasteiger partial charge in [-0.1, -0.05) is 41.4 Å². The molecule has 0 aliphatic rings. The summed E-state index contributed by atoms with van der Waals surface area (Å²) in [6.45, 7) is 2.40. The molecule has 3 aromatic carbocycles. The molecule has 0 radical (unpaired) electrons. The molecule has 0 unspecified atom stereocenters. The number of halogens is 2. The van der Waals surface area contributed by atoms with E-state index in [0.717, 1.165) is 9.13 Å². The van der Waals surface area contributed by atoms with E-state index in [1.54, 1.807) is 6.07 Å². The second kappa shape index (κ2) is 12.5. The molecule has 186 valence electrons. The maximum atomic E-state index is 12.9. The first-order valence-corrected chi connectivity index (χ1v) is 12.2. The van der Waals surface area contributed by atoms with Gasteiger partial charge in [-0.05, 0) is 58.9 Å². The molecule has 0 bridgehead atoms. The number of hydrogen-bond donors (Lipinski definition) is 1. The number of nitriles is 1. The average molecular weight is 619 g/mol. The first-order chi connectivity index (χ1) is 17.3. The Hall–Kier alpha value is -3.42. The molecule has 0 saturated heterocycles. The maximum Gasteiger partial charge on any atom is 0.266 e. The van der Waals surface area contributed by atoms with Gasteiger partial charge in [0.1, 0.15) is 29.7 Å². The molecule has 3 aromatic rings. The zero-order chi connectivity index (χ0) is 26.2. The molecular formula is C27H24ClIN2O5. The average Bonchev–Trinajstić information content (AvgIpc) is 2.87. The fourth-order valence-electron chi connectivity index (χ4n) is 3.27. The number of carbonyl (C=O) groups is 1. The van der Waals surface area contributed by atoms with Crippen LogP contribution in [0.3, 0.4) is 0 Å². The summed E-state index contributed by atoms with van der Waals surface area (Å²) < 4.78 is 22.8. The van der Waals surface area contributed by atoms with Crippen LogP contribution in [0.15, 0.2) is 54.1 Å². The molecule has 1 N–H and O–H groups in total. The smallest absolute Gasteiger partial charge is 0.266 e. The van der Waals surface area contributed by atoms with Crippen LogP contribution in [-0.2, 0) is 11.4 Å². The van der Waals surface area contributed by atoms with E-state index in [9.17, 15) is 10.1 Å². The van der Waals surface area contributed by atoms with Gasteiger partial charge in [-0.3, -0.25) is 4.79 Å². The molecule has 7 nitrogen and oxygen atoms in total. The second-order valence-electron chi connectivity index (χ2n) is 7.62. The first-order valence-electron chi connectivity index (χ1n) is 10.7. The Labute approximate surface area is 228 Å². The molecule has 0 spiro atoms. The van der Waals surface area contributed by atoms with Gasteiger partial charge in [0.15, 0.2) is 11.5 Å². The van der Waals surface area contributed by atoms with Crippen molar-refractivity contribution in [3.8, 4) is 29.1 Å². The van der Waals surface area contributed by atoms with Gasteiger partial charge in [-0.15, -0.1) is 0 Å². The highest BCUT2D eigenvalue weighted by atomic mass is 127. The van der Waals surface area contributed by atoms with E-state index in [0.29, 0.717) is 45.9 Å². The topological polar surface area (TPSA) is 89.8 Å². The number of hydrogen-bond acceptors (Lipinski definition) is 6. The van der Waals surface area contributed by atoms with Crippen LogP contribution in [0.25, 0.3) is 6.08 Å². The van der Waals surface area contributed by atoms with Crippen molar-refractivity contribution in [2.24, 2.45) is 0 Å².